The molecule has 0 aliphatic rings. The average molecular weight is 401 g/mol. The lowest BCUT2D eigenvalue weighted by Gasteiger charge is -2.11. The second-order valence-corrected chi connectivity index (χ2v) is 6.80. The van der Waals surface area contributed by atoms with E-state index in [2.05, 4.69) is 37.6 Å². The third-order valence-corrected chi connectivity index (χ3v) is 4.59. The standard InChI is InChI=1S/C22H23N7O/c1-16-3-7-18(8-4-16)21-28-19(13-30-21)12-26-22(23-2)25-11-17-5-9-20(10-6-17)29-15-24-14-27-29/h3-10,13-15H,11-12H2,1-2H3,(H2,23,25,26). The van der Waals surface area contributed by atoms with Gasteiger partial charge in [0, 0.05) is 19.2 Å². The van der Waals surface area contributed by atoms with Crippen LogP contribution in [0.25, 0.3) is 17.1 Å². The van der Waals surface area contributed by atoms with Gasteiger partial charge in [-0.3, -0.25) is 4.99 Å². The zero-order valence-corrected chi connectivity index (χ0v) is 16.9. The van der Waals surface area contributed by atoms with Gasteiger partial charge in [-0.1, -0.05) is 29.8 Å². The normalized spacial score (nSPS) is 11.5. The van der Waals surface area contributed by atoms with Crippen LogP contribution < -0.4 is 10.6 Å². The highest BCUT2D eigenvalue weighted by molar-refractivity contribution is 5.79. The van der Waals surface area contributed by atoms with Gasteiger partial charge in [0.25, 0.3) is 0 Å². The van der Waals surface area contributed by atoms with Crippen LogP contribution in [-0.2, 0) is 13.1 Å². The van der Waals surface area contributed by atoms with Gasteiger partial charge in [0.15, 0.2) is 5.96 Å². The van der Waals surface area contributed by atoms with Crippen LogP contribution in [0.3, 0.4) is 0 Å². The molecule has 0 aliphatic carbocycles. The van der Waals surface area contributed by atoms with Crippen molar-refractivity contribution in [2.75, 3.05) is 7.05 Å². The highest BCUT2D eigenvalue weighted by atomic mass is 16.3. The molecule has 0 saturated heterocycles. The first-order chi connectivity index (χ1) is 14.7. The van der Waals surface area contributed by atoms with E-state index in [9.17, 15) is 0 Å². The first-order valence-corrected chi connectivity index (χ1v) is 9.61. The topological polar surface area (TPSA) is 93.2 Å². The van der Waals surface area contributed by atoms with E-state index < -0.39 is 0 Å². The Morgan fingerprint density at radius 2 is 1.80 bits per heavy atom. The molecule has 0 saturated carbocycles. The van der Waals surface area contributed by atoms with E-state index in [1.54, 1.807) is 24.3 Å². The summed E-state index contributed by atoms with van der Waals surface area (Å²) in [6.45, 7) is 3.21. The van der Waals surface area contributed by atoms with Gasteiger partial charge < -0.3 is 15.1 Å². The molecule has 30 heavy (non-hydrogen) atoms. The minimum absolute atomic E-state index is 0.514. The Balaban J connectivity index is 1.29. The summed E-state index contributed by atoms with van der Waals surface area (Å²) in [7, 11) is 1.74. The van der Waals surface area contributed by atoms with E-state index in [0.717, 1.165) is 22.5 Å². The highest BCUT2D eigenvalue weighted by Gasteiger charge is 2.07. The van der Waals surface area contributed by atoms with E-state index in [-0.39, 0.29) is 0 Å². The van der Waals surface area contributed by atoms with Crippen LogP contribution in [0.4, 0.5) is 0 Å². The minimum Gasteiger partial charge on any atom is -0.444 e. The molecule has 2 heterocycles. The fourth-order valence-electron chi connectivity index (χ4n) is 2.91. The van der Waals surface area contributed by atoms with Gasteiger partial charge in [0.05, 0.1) is 17.9 Å². The number of hydrogen-bond donors (Lipinski definition) is 2. The van der Waals surface area contributed by atoms with Gasteiger partial charge in [-0.15, -0.1) is 0 Å². The van der Waals surface area contributed by atoms with E-state index in [1.807, 2.05) is 48.5 Å². The quantitative estimate of drug-likeness (QED) is 0.381. The van der Waals surface area contributed by atoms with Gasteiger partial charge in [-0.2, -0.15) is 5.10 Å². The monoisotopic (exact) mass is 401 g/mol. The van der Waals surface area contributed by atoms with Crippen molar-refractivity contribution in [2.45, 2.75) is 20.0 Å². The van der Waals surface area contributed by atoms with Crippen LogP contribution >= 0.6 is 0 Å². The summed E-state index contributed by atoms with van der Waals surface area (Å²) in [5, 5.41) is 10.7. The maximum atomic E-state index is 5.60. The smallest absolute Gasteiger partial charge is 0.226 e. The molecule has 0 amide bonds. The Hall–Kier alpha value is -3.94. The number of aromatic nitrogens is 4. The van der Waals surface area contributed by atoms with Crippen LogP contribution in [0.2, 0.25) is 0 Å². The minimum atomic E-state index is 0.514. The van der Waals surface area contributed by atoms with Gasteiger partial charge >= 0.3 is 0 Å². The molecule has 0 unspecified atom stereocenters. The Morgan fingerprint density at radius 1 is 1.03 bits per heavy atom. The van der Waals surface area contributed by atoms with Crippen LogP contribution in [0.1, 0.15) is 16.8 Å². The zero-order valence-electron chi connectivity index (χ0n) is 16.9. The molecule has 0 bridgehead atoms. The van der Waals surface area contributed by atoms with Crippen LogP contribution in [-0.4, -0.2) is 32.8 Å². The van der Waals surface area contributed by atoms with Crippen molar-refractivity contribution in [2.24, 2.45) is 4.99 Å². The molecule has 0 atom stereocenters. The van der Waals surface area contributed by atoms with Crippen molar-refractivity contribution >= 4 is 5.96 Å². The molecule has 4 rings (SSSR count). The van der Waals surface area contributed by atoms with Crippen molar-refractivity contribution in [1.82, 2.24) is 30.4 Å². The van der Waals surface area contributed by atoms with E-state index >= 15 is 0 Å². The SMILES string of the molecule is CN=C(NCc1ccc(-n2cncn2)cc1)NCc1coc(-c2ccc(C)cc2)n1. The molecule has 0 aliphatic heterocycles. The average Bonchev–Trinajstić information content (AvgIpc) is 3.47. The van der Waals surface area contributed by atoms with Crippen molar-refractivity contribution in [3.05, 3.63) is 84.3 Å². The predicted octanol–water partition coefficient (Wildman–Crippen LogP) is 3.10. The molecule has 8 heteroatoms. The fraction of sp³-hybridized carbons (Fsp3) is 0.182. The maximum absolute atomic E-state index is 5.60. The summed E-state index contributed by atoms with van der Waals surface area (Å²) in [4.78, 5) is 12.8. The summed E-state index contributed by atoms with van der Waals surface area (Å²) in [5.74, 6) is 1.30. The summed E-state index contributed by atoms with van der Waals surface area (Å²) < 4.78 is 7.33. The molecule has 152 valence electrons. The maximum Gasteiger partial charge on any atom is 0.226 e. The number of nitrogens with zero attached hydrogens (tertiary/aromatic N) is 5. The van der Waals surface area contributed by atoms with Gasteiger partial charge in [0.2, 0.25) is 5.89 Å². The molecule has 0 spiro atoms. The first kappa shape index (κ1) is 19.4. The number of aliphatic imine (C=N–C) groups is 1. The third-order valence-electron chi connectivity index (χ3n) is 4.59. The van der Waals surface area contributed by atoms with E-state index in [1.165, 1.54) is 11.9 Å². The molecule has 8 nitrogen and oxygen atoms in total. The summed E-state index contributed by atoms with van der Waals surface area (Å²) in [6, 6.07) is 16.2. The largest absolute Gasteiger partial charge is 0.444 e. The lowest BCUT2D eigenvalue weighted by Crippen LogP contribution is -2.36. The summed E-state index contributed by atoms with van der Waals surface area (Å²) >= 11 is 0. The highest BCUT2D eigenvalue weighted by Crippen LogP contribution is 2.19. The summed E-state index contributed by atoms with van der Waals surface area (Å²) in [6.07, 6.45) is 4.86. The molecule has 0 fully saturated rings. The summed E-state index contributed by atoms with van der Waals surface area (Å²) in [5.41, 5.74) is 5.07. The first-order valence-electron chi connectivity index (χ1n) is 9.61. The van der Waals surface area contributed by atoms with Gasteiger partial charge in [-0.25, -0.2) is 14.6 Å². The fourth-order valence-corrected chi connectivity index (χ4v) is 2.91. The second kappa shape index (κ2) is 9.04. The number of benzene rings is 2. The van der Waals surface area contributed by atoms with Gasteiger partial charge in [0.1, 0.15) is 18.9 Å². The number of aryl methyl sites for hydroxylation is 1. The van der Waals surface area contributed by atoms with E-state index in [0.29, 0.717) is 24.9 Å². The molecule has 0 radical (unpaired) electrons. The van der Waals surface area contributed by atoms with Crippen LogP contribution in [0.15, 0.2) is 76.9 Å². The van der Waals surface area contributed by atoms with Crippen molar-refractivity contribution < 1.29 is 4.42 Å². The van der Waals surface area contributed by atoms with Crippen molar-refractivity contribution in [3.8, 4) is 17.1 Å². The second-order valence-electron chi connectivity index (χ2n) is 6.80. The molecular formula is C22H23N7O. The molecule has 4 aromatic rings. The number of hydrogen-bond acceptors (Lipinski definition) is 5. The number of rotatable bonds is 6. The van der Waals surface area contributed by atoms with Crippen LogP contribution in [0.5, 0.6) is 0 Å². The molecule has 2 N–H and O–H groups in total. The number of oxazole rings is 1. The Bertz CT molecular complexity index is 1100. The zero-order chi connectivity index (χ0) is 20.8. The lowest BCUT2D eigenvalue weighted by atomic mass is 10.1. The van der Waals surface area contributed by atoms with Crippen LogP contribution in [0, 0.1) is 6.92 Å². The van der Waals surface area contributed by atoms with Crippen molar-refractivity contribution in [3.63, 3.8) is 0 Å². The molecular weight excluding hydrogens is 378 g/mol. The third kappa shape index (κ3) is 4.72. The van der Waals surface area contributed by atoms with E-state index in [4.69, 9.17) is 4.42 Å². The van der Waals surface area contributed by atoms with Gasteiger partial charge in [-0.05, 0) is 36.8 Å². The Morgan fingerprint density at radius 3 is 2.50 bits per heavy atom. The lowest BCUT2D eigenvalue weighted by molar-refractivity contribution is 0.572. The predicted molar refractivity (Wildman–Crippen MR) is 115 cm³/mol. The Labute approximate surface area is 174 Å². The Kier molecular flexibility index (Phi) is 5.84. The number of guanidine groups is 1. The number of nitrogens with one attached hydrogen (secondary N) is 2. The molecule has 2 aromatic heterocycles. The molecule has 2 aromatic carbocycles. The van der Waals surface area contributed by atoms with Crippen molar-refractivity contribution in [1.29, 1.82) is 0 Å².